The molecule has 3 aromatic rings. The summed E-state index contributed by atoms with van der Waals surface area (Å²) in [5.41, 5.74) is 1.93. The molecule has 0 bridgehead atoms. The summed E-state index contributed by atoms with van der Waals surface area (Å²) in [5.74, 6) is -0.112. The standard InChI is InChI=1S/C22H20N2O2S/c25-21(16-5-2-1-3-6-16)23-18-10-8-17(9-11-18)22(26)24(19-12-13-19)15-20-7-4-14-27-20/h1-11,14,19H,12-13,15H2,(H,23,25). The van der Waals surface area contributed by atoms with E-state index in [1.807, 2.05) is 34.5 Å². The lowest BCUT2D eigenvalue weighted by Gasteiger charge is -2.22. The van der Waals surface area contributed by atoms with Gasteiger partial charge in [-0.05, 0) is 60.7 Å². The first-order valence-electron chi connectivity index (χ1n) is 9.00. The Labute approximate surface area is 162 Å². The highest BCUT2D eigenvalue weighted by molar-refractivity contribution is 7.09. The fourth-order valence-corrected chi connectivity index (χ4v) is 3.68. The number of carbonyl (C=O) groups is 2. The first-order chi connectivity index (χ1) is 13.2. The van der Waals surface area contributed by atoms with E-state index in [2.05, 4.69) is 11.4 Å². The molecule has 1 fully saturated rings. The monoisotopic (exact) mass is 376 g/mol. The minimum absolute atomic E-state index is 0.0480. The molecule has 2 amide bonds. The number of nitrogens with zero attached hydrogens (tertiary/aromatic N) is 1. The molecule has 1 N–H and O–H groups in total. The summed E-state index contributed by atoms with van der Waals surface area (Å²) in [7, 11) is 0. The van der Waals surface area contributed by atoms with Crippen LogP contribution in [0.4, 0.5) is 5.69 Å². The van der Waals surface area contributed by atoms with Crippen molar-refractivity contribution in [2.24, 2.45) is 0 Å². The molecule has 1 aliphatic rings. The van der Waals surface area contributed by atoms with Crippen molar-refractivity contribution in [3.8, 4) is 0 Å². The van der Waals surface area contributed by atoms with Crippen molar-refractivity contribution in [2.45, 2.75) is 25.4 Å². The van der Waals surface area contributed by atoms with E-state index in [-0.39, 0.29) is 11.8 Å². The summed E-state index contributed by atoms with van der Waals surface area (Å²) in [6.07, 6.45) is 2.14. The maximum atomic E-state index is 13.0. The molecule has 4 rings (SSSR count). The highest BCUT2D eigenvalue weighted by Gasteiger charge is 2.33. The fraction of sp³-hybridized carbons (Fsp3) is 0.182. The van der Waals surface area contributed by atoms with Crippen LogP contribution in [0.1, 0.15) is 38.4 Å². The van der Waals surface area contributed by atoms with E-state index in [4.69, 9.17) is 0 Å². The molecule has 5 heteroatoms. The van der Waals surface area contributed by atoms with Crippen LogP contribution in [-0.2, 0) is 6.54 Å². The van der Waals surface area contributed by atoms with Gasteiger partial charge >= 0.3 is 0 Å². The number of nitrogens with one attached hydrogen (secondary N) is 1. The maximum Gasteiger partial charge on any atom is 0.255 e. The summed E-state index contributed by atoms with van der Waals surface area (Å²) in [6, 6.07) is 20.6. The van der Waals surface area contributed by atoms with E-state index in [0.29, 0.717) is 29.4 Å². The van der Waals surface area contributed by atoms with Crippen LogP contribution in [-0.4, -0.2) is 22.8 Å². The SMILES string of the molecule is O=C(Nc1ccc(C(=O)N(Cc2cccs2)C2CC2)cc1)c1ccccc1. The van der Waals surface area contributed by atoms with Crippen molar-refractivity contribution < 1.29 is 9.59 Å². The van der Waals surface area contributed by atoms with Crippen LogP contribution in [0.25, 0.3) is 0 Å². The van der Waals surface area contributed by atoms with Gasteiger partial charge in [0, 0.05) is 27.7 Å². The second kappa shape index (κ2) is 7.76. The van der Waals surface area contributed by atoms with Gasteiger partial charge in [0.1, 0.15) is 0 Å². The lowest BCUT2D eigenvalue weighted by atomic mass is 10.1. The lowest BCUT2D eigenvalue weighted by molar-refractivity contribution is 0.0731. The Bertz CT molecular complexity index is 917. The Morgan fingerprint density at radius 1 is 0.926 bits per heavy atom. The number of benzene rings is 2. The van der Waals surface area contributed by atoms with Gasteiger partial charge in [0.15, 0.2) is 0 Å². The van der Waals surface area contributed by atoms with Crippen molar-refractivity contribution in [1.82, 2.24) is 4.90 Å². The van der Waals surface area contributed by atoms with Gasteiger partial charge < -0.3 is 10.2 Å². The molecule has 136 valence electrons. The van der Waals surface area contributed by atoms with E-state index in [1.54, 1.807) is 47.7 Å². The first kappa shape index (κ1) is 17.5. The van der Waals surface area contributed by atoms with Crippen LogP contribution < -0.4 is 5.32 Å². The van der Waals surface area contributed by atoms with Crippen LogP contribution in [0.2, 0.25) is 0 Å². The molecule has 2 aromatic carbocycles. The fourth-order valence-electron chi connectivity index (χ4n) is 2.98. The Morgan fingerprint density at radius 2 is 1.67 bits per heavy atom. The van der Waals surface area contributed by atoms with Crippen molar-refractivity contribution in [3.05, 3.63) is 88.1 Å². The molecular formula is C22H20N2O2S. The highest BCUT2D eigenvalue weighted by atomic mass is 32.1. The zero-order valence-corrected chi connectivity index (χ0v) is 15.6. The Kier molecular flexibility index (Phi) is 5.03. The summed E-state index contributed by atoms with van der Waals surface area (Å²) in [6.45, 7) is 0.660. The number of rotatable bonds is 6. The maximum absolute atomic E-state index is 13.0. The minimum Gasteiger partial charge on any atom is -0.331 e. The third-order valence-electron chi connectivity index (χ3n) is 4.58. The number of hydrogen-bond donors (Lipinski definition) is 1. The van der Waals surface area contributed by atoms with E-state index >= 15 is 0 Å². The van der Waals surface area contributed by atoms with Crippen LogP contribution in [0.5, 0.6) is 0 Å². The first-order valence-corrected chi connectivity index (χ1v) is 9.88. The molecule has 0 aliphatic heterocycles. The van der Waals surface area contributed by atoms with Gasteiger partial charge in [0.05, 0.1) is 6.54 Å². The summed E-state index contributed by atoms with van der Waals surface area (Å²) >= 11 is 1.67. The smallest absolute Gasteiger partial charge is 0.255 e. The Hall–Kier alpha value is -2.92. The van der Waals surface area contributed by atoms with Crippen LogP contribution in [0.3, 0.4) is 0 Å². The molecule has 27 heavy (non-hydrogen) atoms. The largest absolute Gasteiger partial charge is 0.331 e. The molecular weight excluding hydrogens is 356 g/mol. The van der Waals surface area contributed by atoms with Crippen molar-refractivity contribution >= 4 is 28.8 Å². The molecule has 1 aliphatic carbocycles. The van der Waals surface area contributed by atoms with Crippen LogP contribution >= 0.6 is 11.3 Å². The lowest BCUT2D eigenvalue weighted by Crippen LogP contribution is -2.32. The second-order valence-corrected chi connectivity index (χ2v) is 7.67. The number of thiophene rings is 1. The average molecular weight is 376 g/mol. The van der Waals surface area contributed by atoms with E-state index < -0.39 is 0 Å². The minimum atomic E-state index is -0.160. The number of amides is 2. The van der Waals surface area contributed by atoms with Crippen molar-refractivity contribution in [1.29, 1.82) is 0 Å². The van der Waals surface area contributed by atoms with Gasteiger partial charge in [-0.1, -0.05) is 24.3 Å². The predicted octanol–water partition coefficient (Wildman–Crippen LogP) is 4.81. The normalized spacial score (nSPS) is 13.2. The topological polar surface area (TPSA) is 49.4 Å². The second-order valence-electron chi connectivity index (χ2n) is 6.64. The average Bonchev–Trinajstić information content (AvgIpc) is 3.42. The van der Waals surface area contributed by atoms with E-state index in [0.717, 1.165) is 12.8 Å². The van der Waals surface area contributed by atoms with Crippen LogP contribution in [0.15, 0.2) is 72.1 Å². The van der Waals surface area contributed by atoms with Crippen molar-refractivity contribution in [3.63, 3.8) is 0 Å². The quantitative estimate of drug-likeness (QED) is 0.671. The Morgan fingerprint density at radius 3 is 2.30 bits per heavy atom. The van der Waals surface area contributed by atoms with Gasteiger partial charge in [-0.3, -0.25) is 9.59 Å². The van der Waals surface area contributed by atoms with Crippen molar-refractivity contribution in [2.75, 3.05) is 5.32 Å². The molecule has 4 nitrogen and oxygen atoms in total. The molecule has 0 unspecified atom stereocenters. The molecule has 1 aromatic heterocycles. The number of anilines is 1. The third kappa shape index (κ3) is 4.26. The summed E-state index contributed by atoms with van der Waals surface area (Å²) in [4.78, 5) is 28.3. The number of hydrogen-bond acceptors (Lipinski definition) is 3. The van der Waals surface area contributed by atoms with E-state index in [1.165, 1.54) is 4.88 Å². The third-order valence-corrected chi connectivity index (χ3v) is 5.44. The molecule has 0 saturated heterocycles. The zero-order valence-electron chi connectivity index (χ0n) is 14.8. The highest BCUT2D eigenvalue weighted by Crippen LogP contribution is 2.30. The van der Waals surface area contributed by atoms with Gasteiger partial charge in [-0.15, -0.1) is 11.3 Å². The molecule has 0 atom stereocenters. The predicted molar refractivity (Wildman–Crippen MR) is 108 cm³/mol. The molecule has 0 spiro atoms. The van der Waals surface area contributed by atoms with Gasteiger partial charge in [-0.2, -0.15) is 0 Å². The number of carbonyl (C=O) groups excluding carboxylic acids is 2. The Balaban J connectivity index is 1.44. The molecule has 1 heterocycles. The van der Waals surface area contributed by atoms with Gasteiger partial charge in [-0.25, -0.2) is 0 Å². The molecule has 1 saturated carbocycles. The van der Waals surface area contributed by atoms with Gasteiger partial charge in [0.2, 0.25) is 0 Å². The van der Waals surface area contributed by atoms with Gasteiger partial charge in [0.25, 0.3) is 11.8 Å². The molecule has 0 radical (unpaired) electrons. The summed E-state index contributed by atoms with van der Waals surface area (Å²) in [5, 5.41) is 4.90. The summed E-state index contributed by atoms with van der Waals surface area (Å²) < 4.78 is 0. The van der Waals surface area contributed by atoms with E-state index in [9.17, 15) is 9.59 Å². The zero-order chi connectivity index (χ0) is 18.6. The van der Waals surface area contributed by atoms with Crippen LogP contribution in [0, 0.1) is 0 Å².